The van der Waals surface area contributed by atoms with E-state index in [0.29, 0.717) is 32.1 Å². The number of fused-ring (bicyclic) bond motifs is 1. The summed E-state index contributed by atoms with van der Waals surface area (Å²) in [7, 11) is 0. The number of morpholine rings is 1. The minimum absolute atomic E-state index is 0.218. The largest absolute Gasteiger partial charge is 0.474 e. The highest BCUT2D eigenvalue weighted by Crippen LogP contribution is 2.34. The monoisotopic (exact) mass is 343 g/mol. The highest BCUT2D eigenvalue weighted by Gasteiger charge is 2.23. The molecule has 1 aromatic heterocycles. The minimum Gasteiger partial charge on any atom is -0.474 e. The van der Waals surface area contributed by atoms with Gasteiger partial charge in [-0.25, -0.2) is 4.39 Å². The summed E-state index contributed by atoms with van der Waals surface area (Å²) in [5.41, 5.74) is 3.09. The molecule has 1 atom stereocenters. The predicted molar refractivity (Wildman–Crippen MR) is 95.1 cm³/mol. The first-order valence-corrected chi connectivity index (χ1v) is 8.69. The number of hydrogen-bond donors (Lipinski definition) is 1. The zero-order valence-corrected chi connectivity index (χ0v) is 14.3. The van der Waals surface area contributed by atoms with Gasteiger partial charge in [-0.1, -0.05) is 12.1 Å². The number of rotatable bonds is 3. The van der Waals surface area contributed by atoms with Crippen LogP contribution >= 0.6 is 0 Å². The van der Waals surface area contributed by atoms with Crippen LogP contribution < -0.4 is 15.0 Å². The first-order chi connectivity index (χ1) is 12.2. The van der Waals surface area contributed by atoms with Crippen molar-refractivity contribution in [3.8, 4) is 5.88 Å². The van der Waals surface area contributed by atoms with E-state index in [9.17, 15) is 4.39 Å². The number of nitrogens with zero attached hydrogens (tertiary/aromatic N) is 2. The second-order valence-corrected chi connectivity index (χ2v) is 6.58. The summed E-state index contributed by atoms with van der Waals surface area (Å²) in [6.45, 7) is 5.71. The van der Waals surface area contributed by atoms with E-state index in [0.717, 1.165) is 35.7 Å². The van der Waals surface area contributed by atoms with Crippen molar-refractivity contribution < 1.29 is 13.9 Å². The van der Waals surface area contributed by atoms with Crippen molar-refractivity contribution >= 4 is 11.5 Å². The van der Waals surface area contributed by atoms with Crippen molar-refractivity contribution in [3.05, 3.63) is 47.3 Å². The molecule has 0 saturated carbocycles. The van der Waals surface area contributed by atoms with Crippen LogP contribution in [0.15, 0.2) is 30.3 Å². The summed E-state index contributed by atoms with van der Waals surface area (Å²) < 4.78 is 24.5. The van der Waals surface area contributed by atoms with Gasteiger partial charge >= 0.3 is 0 Å². The SMILES string of the molecule is C[C@H]1COc2nc(N3CCOCC3)c(Cc3ccc(F)cc3)cc2N1. The summed E-state index contributed by atoms with van der Waals surface area (Å²) in [5.74, 6) is 1.37. The molecule has 5 nitrogen and oxygen atoms in total. The molecule has 0 radical (unpaired) electrons. The third-order valence-electron chi connectivity index (χ3n) is 4.53. The van der Waals surface area contributed by atoms with Crippen molar-refractivity contribution in [1.82, 2.24) is 4.98 Å². The van der Waals surface area contributed by atoms with Gasteiger partial charge in [0, 0.05) is 25.1 Å². The Morgan fingerprint density at radius 3 is 2.76 bits per heavy atom. The predicted octanol–water partition coefficient (Wildman–Crippen LogP) is 2.84. The molecule has 1 N–H and O–H groups in total. The molecule has 0 amide bonds. The third kappa shape index (κ3) is 3.54. The van der Waals surface area contributed by atoms with Crippen LogP contribution in [-0.4, -0.2) is 43.9 Å². The van der Waals surface area contributed by atoms with E-state index in [1.54, 1.807) is 0 Å². The lowest BCUT2D eigenvalue weighted by molar-refractivity contribution is 0.122. The fourth-order valence-electron chi connectivity index (χ4n) is 3.25. The van der Waals surface area contributed by atoms with Gasteiger partial charge in [0.25, 0.3) is 0 Å². The van der Waals surface area contributed by atoms with Gasteiger partial charge in [-0.05, 0) is 30.7 Å². The number of benzene rings is 1. The van der Waals surface area contributed by atoms with Gasteiger partial charge in [-0.2, -0.15) is 4.98 Å². The molecule has 132 valence electrons. The number of hydrogen-bond acceptors (Lipinski definition) is 5. The maximum Gasteiger partial charge on any atom is 0.239 e. The molecule has 25 heavy (non-hydrogen) atoms. The lowest BCUT2D eigenvalue weighted by atomic mass is 10.0. The van der Waals surface area contributed by atoms with Crippen molar-refractivity contribution in [3.63, 3.8) is 0 Å². The smallest absolute Gasteiger partial charge is 0.239 e. The van der Waals surface area contributed by atoms with Crippen LogP contribution in [0.25, 0.3) is 0 Å². The molecule has 2 aliphatic rings. The Morgan fingerprint density at radius 2 is 2.00 bits per heavy atom. The molecule has 1 saturated heterocycles. The molecule has 4 rings (SSSR count). The summed E-state index contributed by atoms with van der Waals surface area (Å²) in [6, 6.07) is 9.01. The molecule has 0 aliphatic carbocycles. The number of halogens is 1. The van der Waals surface area contributed by atoms with Crippen LogP contribution in [0.2, 0.25) is 0 Å². The summed E-state index contributed by atoms with van der Waals surface area (Å²) in [4.78, 5) is 7.04. The Labute approximate surface area is 146 Å². The zero-order valence-electron chi connectivity index (χ0n) is 14.3. The van der Waals surface area contributed by atoms with Crippen molar-refractivity contribution in [2.45, 2.75) is 19.4 Å². The quantitative estimate of drug-likeness (QED) is 0.929. The van der Waals surface area contributed by atoms with Gasteiger partial charge in [0.15, 0.2) is 0 Å². The molecule has 2 aromatic rings. The van der Waals surface area contributed by atoms with Gasteiger partial charge in [0.2, 0.25) is 5.88 Å². The van der Waals surface area contributed by atoms with Crippen LogP contribution in [0, 0.1) is 5.82 Å². The van der Waals surface area contributed by atoms with E-state index in [-0.39, 0.29) is 11.9 Å². The number of pyridine rings is 1. The number of aromatic nitrogens is 1. The maximum absolute atomic E-state index is 13.2. The van der Waals surface area contributed by atoms with Crippen LogP contribution in [0.3, 0.4) is 0 Å². The number of ether oxygens (including phenoxy) is 2. The van der Waals surface area contributed by atoms with Crippen LogP contribution in [0.4, 0.5) is 15.9 Å². The van der Waals surface area contributed by atoms with E-state index < -0.39 is 0 Å². The number of anilines is 2. The fourth-order valence-corrected chi connectivity index (χ4v) is 3.25. The topological polar surface area (TPSA) is 46.6 Å². The van der Waals surface area contributed by atoms with Crippen LogP contribution in [0.1, 0.15) is 18.1 Å². The van der Waals surface area contributed by atoms with Gasteiger partial charge in [0.05, 0.1) is 24.9 Å². The first kappa shape index (κ1) is 16.1. The van der Waals surface area contributed by atoms with E-state index in [1.165, 1.54) is 12.1 Å². The zero-order chi connectivity index (χ0) is 17.2. The standard InChI is InChI=1S/C19H22FN3O2/c1-13-12-25-19-17(21-13)11-15(10-14-2-4-16(20)5-3-14)18(22-19)23-6-8-24-9-7-23/h2-5,11,13,21H,6-10,12H2,1H3/t13-/m0/s1. The molecule has 0 bridgehead atoms. The fraction of sp³-hybridized carbons (Fsp3) is 0.421. The molecule has 6 heteroatoms. The summed E-state index contributed by atoms with van der Waals surface area (Å²) in [6.07, 6.45) is 0.698. The molecule has 0 spiro atoms. The highest BCUT2D eigenvalue weighted by atomic mass is 19.1. The second kappa shape index (κ2) is 6.88. The third-order valence-corrected chi connectivity index (χ3v) is 4.53. The molecule has 1 fully saturated rings. The molecule has 1 aromatic carbocycles. The van der Waals surface area contributed by atoms with Gasteiger partial charge < -0.3 is 19.7 Å². The maximum atomic E-state index is 13.2. The van der Waals surface area contributed by atoms with Crippen LogP contribution in [0.5, 0.6) is 5.88 Å². The lowest BCUT2D eigenvalue weighted by Gasteiger charge is -2.32. The van der Waals surface area contributed by atoms with Crippen molar-refractivity contribution in [2.75, 3.05) is 43.1 Å². The molecule has 3 heterocycles. The molecule has 2 aliphatic heterocycles. The van der Waals surface area contributed by atoms with Crippen molar-refractivity contribution in [2.24, 2.45) is 0 Å². The van der Waals surface area contributed by atoms with E-state index >= 15 is 0 Å². The van der Waals surface area contributed by atoms with Crippen LogP contribution in [-0.2, 0) is 11.2 Å². The Bertz CT molecular complexity index is 745. The second-order valence-electron chi connectivity index (χ2n) is 6.58. The molecule has 0 unspecified atom stereocenters. The average Bonchev–Trinajstić information content (AvgIpc) is 2.64. The normalized spacial score (nSPS) is 19.8. The minimum atomic E-state index is -0.218. The van der Waals surface area contributed by atoms with Gasteiger partial charge in [-0.3, -0.25) is 0 Å². The molecular formula is C19H22FN3O2. The average molecular weight is 343 g/mol. The molecular weight excluding hydrogens is 321 g/mol. The summed E-state index contributed by atoms with van der Waals surface area (Å²) in [5, 5.41) is 3.43. The van der Waals surface area contributed by atoms with Gasteiger partial charge in [0.1, 0.15) is 18.2 Å². The van der Waals surface area contributed by atoms with Crippen molar-refractivity contribution in [1.29, 1.82) is 0 Å². The Hall–Kier alpha value is -2.34. The first-order valence-electron chi connectivity index (χ1n) is 8.69. The Balaban J connectivity index is 1.70. The van der Waals surface area contributed by atoms with E-state index in [4.69, 9.17) is 14.5 Å². The van der Waals surface area contributed by atoms with E-state index in [2.05, 4.69) is 23.2 Å². The van der Waals surface area contributed by atoms with E-state index in [1.807, 2.05) is 12.1 Å². The summed E-state index contributed by atoms with van der Waals surface area (Å²) >= 11 is 0. The number of nitrogens with one attached hydrogen (secondary N) is 1. The van der Waals surface area contributed by atoms with Gasteiger partial charge in [-0.15, -0.1) is 0 Å². The Morgan fingerprint density at radius 1 is 1.24 bits per heavy atom. The highest BCUT2D eigenvalue weighted by molar-refractivity contribution is 5.64. The Kier molecular flexibility index (Phi) is 4.44. The lowest BCUT2D eigenvalue weighted by Crippen LogP contribution is -2.38.